The number of rotatable bonds is 6. The summed E-state index contributed by atoms with van der Waals surface area (Å²) in [6.45, 7) is -0.220. The lowest BCUT2D eigenvalue weighted by atomic mass is 10.1. The maximum absolute atomic E-state index is 9.67. The second-order valence-corrected chi connectivity index (χ2v) is 4.61. The van der Waals surface area contributed by atoms with Gasteiger partial charge in [0.25, 0.3) is 0 Å². The molecule has 0 aromatic carbocycles. The topological polar surface area (TPSA) is 17.8 Å². The third kappa shape index (κ3) is 16.3. The lowest BCUT2D eigenvalue weighted by molar-refractivity contribution is 0.00819. The molecule has 2 heterocycles. The molecule has 0 saturated carbocycles. The van der Waals surface area contributed by atoms with Gasteiger partial charge in [-0.2, -0.15) is 13.2 Å². The molecule has 124 valence electrons. The molecule has 0 amide bonds. The van der Waals surface area contributed by atoms with Crippen LogP contribution < -0.4 is 0 Å². The molecule has 0 N–H and O–H groups in total. The number of halogens is 3. The van der Waals surface area contributed by atoms with Gasteiger partial charge in [0.1, 0.15) is 0 Å². The first-order valence-electron chi connectivity index (χ1n) is 7.54. The number of unbranched alkanes of at least 4 members (excludes halogenated alkanes) is 4. The maximum atomic E-state index is 9.67. The van der Waals surface area contributed by atoms with Gasteiger partial charge in [-0.3, -0.25) is 4.98 Å². The molecule has 0 aliphatic rings. The summed E-state index contributed by atoms with van der Waals surface area (Å²) in [6, 6.07) is 9.89. The summed E-state index contributed by atoms with van der Waals surface area (Å²) in [5, 5.41) is 0. The zero-order valence-corrected chi connectivity index (χ0v) is 13.0. The van der Waals surface area contributed by atoms with Gasteiger partial charge in [0.05, 0.1) is 0 Å². The molecular formula is C17H25F3N2. The van der Waals surface area contributed by atoms with E-state index in [0.29, 0.717) is 0 Å². The molecule has 0 aliphatic carbocycles. The van der Waals surface area contributed by atoms with Crippen LogP contribution in [0.3, 0.4) is 0 Å². The van der Waals surface area contributed by atoms with E-state index in [9.17, 15) is 13.2 Å². The first kappa shape index (κ1) is 20.2. The molecule has 0 saturated heterocycles. The Morgan fingerprint density at radius 1 is 0.818 bits per heavy atom. The average molecular weight is 314 g/mol. The van der Waals surface area contributed by atoms with Crippen molar-refractivity contribution in [3.05, 3.63) is 55.1 Å². The summed E-state index contributed by atoms with van der Waals surface area (Å²) in [6.07, 6.45) is 14.6. The second kappa shape index (κ2) is 15.6. The molecule has 0 atom stereocenters. The van der Waals surface area contributed by atoms with Gasteiger partial charge in [-0.15, -0.1) is 0 Å². The Bertz CT molecular complexity index is 376. The van der Waals surface area contributed by atoms with E-state index in [0.717, 1.165) is 0 Å². The van der Waals surface area contributed by atoms with Crippen molar-refractivity contribution in [3.63, 3.8) is 0 Å². The number of nitrogens with zero attached hydrogens (tertiary/aromatic N) is 2. The Balaban J connectivity index is 0.000000366. The molecular weight excluding hydrogens is 289 g/mol. The van der Waals surface area contributed by atoms with Gasteiger partial charge in [-0.1, -0.05) is 38.7 Å². The van der Waals surface area contributed by atoms with E-state index in [-0.39, 0.29) is 0 Å². The van der Waals surface area contributed by atoms with Gasteiger partial charge >= 0.3 is 6.68 Å². The van der Waals surface area contributed by atoms with Gasteiger partial charge in [0.2, 0.25) is 0 Å². The highest BCUT2D eigenvalue weighted by molar-refractivity contribution is 4.90. The van der Waals surface area contributed by atoms with Crippen LogP contribution in [-0.4, -0.2) is 16.2 Å². The third-order valence-corrected chi connectivity index (χ3v) is 2.75. The molecule has 0 aliphatic heterocycles. The zero-order chi connectivity index (χ0) is 16.5. The van der Waals surface area contributed by atoms with Crippen LogP contribution in [0.5, 0.6) is 0 Å². The molecule has 2 nitrogen and oxygen atoms in total. The van der Waals surface area contributed by atoms with E-state index in [1.807, 2.05) is 18.2 Å². The fourth-order valence-corrected chi connectivity index (χ4v) is 1.73. The molecule has 0 spiro atoms. The van der Waals surface area contributed by atoms with Crippen LogP contribution in [0.2, 0.25) is 0 Å². The fourth-order valence-electron chi connectivity index (χ4n) is 1.73. The fraction of sp³-hybridized carbons (Fsp3) is 0.471. The molecule has 2 rings (SSSR count). The summed E-state index contributed by atoms with van der Waals surface area (Å²) in [5.41, 5.74) is 0. The number of aryl methyl sites for hydroxylation is 1. The quantitative estimate of drug-likeness (QED) is 0.624. The van der Waals surface area contributed by atoms with Crippen LogP contribution in [0.1, 0.15) is 39.0 Å². The first-order chi connectivity index (χ1) is 10.7. The van der Waals surface area contributed by atoms with Gasteiger partial charge in [0.15, 0.2) is 0 Å². The van der Waals surface area contributed by atoms with E-state index >= 15 is 0 Å². The van der Waals surface area contributed by atoms with Crippen LogP contribution in [0, 0.1) is 0 Å². The number of alkyl halides is 3. The number of aromatic nitrogens is 2. The summed E-state index contributed by atoms with van der Waals surface area (Å²) in [4.78, 5) is 3.78. The first-order valence-corrected chi connectivity index (χ1v) is 7.54. The van der Waals surface area contributed by atoms with Crippen LogP contribution in [-0.2, 0) is 6.54 Å². The Morgan fingerprint density at radius 2 is 1.36 bits per heavy atom. The Morgan fingerprint density at radius 3 is 1.77 bits per heavy atom. The van der Waals surface area contributed by atoms with Crippen LogP contribution in [0.25, 0.3) is 0 Å². The van der Waals surface area contributed by atoms with Crippen molar-refractivity contribution < 1.29 is 13.2 Å². The predicted octanol–water partition coefficient (Wildman–Crippen LogP) is 5.72. The van der Waals surface area contributed by atoms with Crippen molar-refractivity contribution in [2.75, 3.05) is 0 Å². The molecule has 0 bridgehead atoms. The van der Waals surface area contributed by atoms with Gasteiger partial charge in [-0.25, -0.2) is 0 Å². The van der Waals surface area contributed by atoms with E-state index in [2.05, 4.69) is 41.0 Å². The highest BCUT2D eigenvalue weighted by atomic mass is 19.4. The Hall–Kier alpha value is -1.78. The van der Waals surface area contributed by atoms with Crippen molar-refractivity contribution in [1.29, 1.82) is 0 Å². The van der Waals surface area contributed by atoms with Gasteiger partial charge in [0, 0.05) is 31.3 Å². The third-order valence-electron chi connectivity index (χ3n) is 2.75. The number of hydrogen-bond acceptors (Lipinski definition) is 1. The van der Waals surface area contributed by atoms with Gasteiger partial charge < -0.3 is 4.57 Å². The van der Waals surface area contributed by atoms with Crippen LogP contribution >= 0.6 is 0 Å². The lowest BCUT2D eigenvalue weighted by Crippen LogP contribution is -1.93. The van der Waals surface area contributed by atoms with Crippen molar-refractivity contribution in [2.45, 2.75) is 52.3 Å². The van der Waals surface area contributed by atoms with Crippen LogP contribution in [0.15, 0.2) is 55.1 Å². The molecule has 2 aromatic rings. The van der Waals surface area contributed by atoms with E-state index in [1.165, 1.54) is 38.6 Å². The van der Waals surface area contributed by atoms with Crippen molar-refractivity contribution in [1.82, 2.24) is 9.55 Å². The normalized spacial score (nSPS) is 9.50. The van der Waals surface area contributed by atoms with Crippen molar-refractivity contribution in [2.24, 2.45) is 0 Å². The van der Waals surface area contributed by atoms with Gasteiger partial charge in [-0.05, 0) is 30.7 Å². The Labute approximate surface area is 131 Å². The molecule has 22 heavy (non-hydrogen) atoms. The number of hydrogen-bond donors (Lipinski definition) is 0. The summed E-state index contributed by atoms with van der Waals surface area (Å²) >= 11 is 0. The zero-order valence-electron chi connectivity index (χ0n) is 13.0. The number of pyridine rings is 1. The molecule has 0 fully saturated rings. The summed E-state index contributed by atoms with van der Waals surface area (Å²) in [7, 11) is 0. The lowest BCUT2D eigenvalue weighted by Gasteiger charge is -2.01. The van der Waals surface area contributed by atoms with E-state index in [4.69, 9.17) is 0 Å². The van der Waals surface area contributed by atoms with E-state index in [1.54, 1.807) is 12.4 Å². The largest absolute Gasteiger partial charge is 0.379 e. The standard InChI is InChI=1S/C11H19N.C5H5N.CHF3/c1-2-3-4-5-6-9-12-10-7-8-11-12;1-2-4-6-5-3-1;2-1(3)4/h7-8,10-11H,2-6,9H2,1H3;1-5H;1H. The van der Waals surface area contributed by atoms with Crippen molar-refractivity contribution in [3.8, 4) is 0 Å². The molecule has 2 aromatic heterocycles. The maximum Gasteiger partial charge on any atom is 0.379 e. The Kier molecular flexibility index (Phi) is 14.3. The average Bonchev–Trinajstić information content (AvgIpc) is 3.02. The van der Waals surface area contributed by atoms with Crippen LogP contribution in [0.4, 0.5) is 13.2 Å². The molecule has 5 heteroatoms. The molecule has 0 radical (unpaired) electrons. The summed E-state index contributed by atoms with van der Waals surface area (Å²) in [5.74, 6) is 0. The highest BCUT2D eigenvalue weighted by Crippen LogP contribution is 2.04. The monoisotopic (exact) mass is 314 g/mol. The van der Waals surface area contributed by atoms with Crippen molar-refractivity contribution >= 4 is 0 Å². The highest BCUT2D eigenvalue weighted by Gasteiger charge is 1.89. The smallest absolute Gasteiger partial charge is 0.354 e. The second-order valence-electron chi connectivity index (χ2n) is 4.61. The minimum absolute atomic E-state index is 1.19. The minimum atomic E-state index is -3.67. The SMILES string of the molecule is CCCCCCCn1cccc1.FC(F)F.c1ccncc1. The predicted molar refractivity (Wildman–Crippen MR) is 84.5 cm³/mol. The summed E-state index contributed by atoms with van der Waals surface area (Å²) < 4.78 is 31.3. The molecule has 0 unspecified atom stereocenters. The minimum Gasteiger partial charge on any atom is -0.354 e. The van der Waals surface area contributed by atoms with E-state index < -0.39 is 6.68 Å².